The molecular weight excluding hydrogens is 432 g/mol. The van der Waals surface area contributed by atoms with Crippen molar-refractivity contribution in [1.29, 1.82) is 0 Å². The topological polar surface area (TPSA) is 52.7 Å². The summed E-state index contributed by atoms with van der Waals surface area (Å²) in [5, 5.41) is 4.43. The standard InChI is InChI=1S/C17H16Cl2FN3O2S2/c18-12-5-6-15(13(19)11-12)21-17(26)22-7-9-23(10-8-22)27(24,25)16-4-2-1-3-14(16)20/h1-6,11H,7-10H2,(H,21,26). The molecule has 1 saturated heterocycles. The second kappa shape index (κ2) is 8.28. The van der Waals surface area contributed by atoms with Gasteiger partial charge in [0, 0.05) is 31.2 Å². The Bertz CT molecular complexity index is 964. The Labute approximate surface area is 172 Å². The summed E-state index contributed by atoms with van der Waals surface area (Å²) in [5.41, 5.74) is 0.618. The number of thiocarbonyl (C=S) groups is 1. The Hall–Kier alpha value is -1.45. The van der Waals surface area contributed by atoms with Gasteiger partial charge in [-0.3, -0.25) is 0 Å². The second-order valence-corrected chi connectivity index (χ2v) is 9.01. The molecule has 1 aliphatic heterocycles. The third-order valence-electron chi connectivity index (χ3n) is 4.15. The first-order valence-electron chi connectivity index (χ1n) is 8.05. The van der Waals surface area contributed by atoms with Gasteiger partial charge < -0.3 is 10.2 Å². The van der Waals surface area contributed by atoms with Crippen LogP contribution in [0.3, 0.4) is 0 Å². The summed E-state index contributed by atoms with van der Waals surface area (Å²) >= 11 is 17.4. The van der Waals surface area contributed by atoms with Crippen molar-refractivity contribution in [3.63, 3.8) is 0 Å². The molecule has 144 valence electrons. The molecule has 0 radical (unpaired) electrons. The van der Waals surface area contributed by atoms with Gasteiger partial charge in [-0.1, -0.05) is 35.3 Å². The van der Waals surface area contributed by atoms with E-state index < -0.39 is 15.8 Å². The van der Waals surface area contributed by atoms with Crippen molar-refractivity contribution in [2.24, 2.45) is 0 Å². The fourth-order valence-electron chi connectivity index (χ4n) is 2.71. The Balaban J connectivity index is 1.65. The average molecular weight is 448 g/mol. The minimum atomic E-state index is -3.88. The van der Waals surface area contributed by atoms with Gasteiger partial charge in [0.1, 0.15) is 10.7 Å². The lowest BCUT2D eigenvalue weighted by molar-refractivity contribution is 0.268. The third kappa shape index (κ3) is 4.52. The molecule has 1 N–H and O–H groups in total. The molecule has 0 unspecified atom stereocenters. The van der Waals surface area contributed by atoms with Gasteiger partial charge in [0.15, 0.2) is 5.11 Å². The van der Waals surface area contributed by atoms with Gasteiger partial charge in [0.2, 0.25) is 10.0 Å². The maximum Gasteiger partial charge on any atom is 0.246 e. The zero-order valence-electron chi connectivity index (χ0n) is 14.0. The van der Waals surface area contributed by atoms with E-state index in [1.165, 1.54) is 22.5 Å². The van der Waals surface area contributed by atoms with Crippen LogP contribution in [0.2, 0.25) is 10.0 Å². The highest BCUT2D eigenvalue weighted by molar-refractivity contribution is 7.89. The first-order valence-corrected chi connectivity index (χ1v) is 10.6. The Kier molecular flexibility index (Phi) is 6.22. The summed E-state index contributed by atoms with van der Waals surface area (Å²) in [5.74, 6) is -0.755. The highest BCUT2D eigenvalue weighted by atomic mass is 35.5. The molecule has 1 aliphatic rings. The number of hydrogen-bond donors (Lipinski definition) is 1. The molecule has 27 heavy (non-hydrogen) atoms. The highest BCUT2D eigenvalue weighted by Crippen LogP contribution is 2.26. The molecule has 0 saturated carbocycles. The van der Waals surface area contributed by atoms with Crippen LogP contribution in [-0.4, -0.2) is 48.9 Å². The van der Waals surface area contributed by atoms with E-state index in [4.69, 9.17) is 35.4 Å². The van der Waals surface area contributed by atoms with Gasteiger partial charge in [0.25, 0.3) is 0 Å². The first kappa shape index (κ1) is 20.3. The zero-order valence-corrected chi connectivity index (χ0v) is 17.2. The van der Waals surface area contributed by atoms with E-state index in [1.807, 2.05) is 4.90 Å². The van der Waals surface area contributed by atoms with E-state index in [1.54, 1.807) is 18.2 Å². The monoisotopic (exact) mass is 447 g/mol. The molecular formula is C17H16Cl2FN3O2S2. The smallest absolute Gasteiger partial charge is 0.246 e. The van der Waals surface area contributed by atoms with Gasteiger partial charge in [-0.15, -0.1) is 0 Å². The first-order chi connectivity index (χ1) is 12.8. The van der Waals surface area contributed by atoms with Crippen molar-refractivity contribution in [2.45, 2.75) is 4.90 Å². The van der Waals surface area contributed by atoms with Gasteiger partial charge in [-0.25, -0.2) is 12.8 Å². The molecule has 2 aromatic carbocycles. The maximum atomic E-state index is 13.9. The van der Waals surface area contributed by atoms with Crippen LogP contribution in [0.1, 0.15) is 0 Å². The molecule has 10 heteroatoms. The van der Waals surface area contributed by atoms with Crippen LogP contribution in [-0.2, 0) is 10.0 Å². The van der Waals surface area contributed by atoms with Gasteiger partial charge >= 0.3 is 0 Å². The predicted octanol–water partition coefficient (Wildman–Crippen LogP) is 3.84. The molecule has 0 aliphatic carbocycles. The second-order valence-electron chi connectivity index (χ2n) is 5.88. The van der Waals surface area contributed by atoms with Crippen molar-refractivity contribution in [2.75, 3.05) is 31.5 Å². The molecule has 5 nitrogen and oxygen atoms in total. The number of nitrogens with one attached hydrogen (secondary N) is 1. The molecule has 3 rings (SSSR count). The highest BCUT2D eigenvalue weighted by Gasteiger charge is 2.31. The quantitative estimate of drug-likeness (QED) is 0.724. The lowest BCUT2D eigenvalue weighted by Gasteiger charge is -2.35. The van der Waals surface area contributed by atoms with E-state index >= 15 is 0 Å². The summed E-state index contributed by atoms with van der Waals surface area (Å²) in [6.45, 7) is 1.16. The summed E-state index contributed by atoms with van der Waals surface area (Å²) in [6, 6.07) is 10.4. The number of nitrogens with zero attached hydrogens (tertiary/aromatic N) is 2. The van der Waals surface area contributed by atoms with Gasteiger partial charge in [0.05, 0.1) is 10.7 Å². The van der Waals surface area contributed by atoms with E-state index in [0.29, 0.717) is 33.9 Å². The fraction of sp³-hybridized carbons (Fsp3) is 0.235. The van der Waals surface area contributed by atoms with Gasteiger partial charge in [-0.2, -0.15) is 4.31 Å². The van der Waals surface area contributed by atoms with E-state index in [2.05, 4.69) is 5.32 Å². The van der Waals surface area contributed by atoms with Crippen molar-refractivity contribution < 1.29 is 12.8 Å². The van der Waals surface area contributed by atoms with E-state index in [9.17, 15) is 12.8 Å². The Morgan fingerprint density at radius 1 is 1.07 bits per heavy atom. The number of benzene rings is 2. The number of rotatable bonds is 3. The largest absolute Gasteiger partial charge is 0.346 e. The van der Waals surface area contributed by atoms with Crippen LogP contribution in [0, 0.1) is 5.82 Å². The normalized spacial score (nSPS) is 15.6. The lowest BCUT2D eigenvalue weighted by Crippen LogP contribution is -2.51. The summed E-state index contributed by atoms with van der Waals surface area (Å²) in [7, 11) is -3.88. The molecule has 0 spiro atoms. The van der Waals surface area contributed by atoms with Crippen LogP contribution in [0.4, 0.5) is 10.1 Å². The van der Waals surface area contributed by atoms with Crippen molar-refractivity contribution >= 4 is 56.2 Å². The predicted molar refractivity (Wildman–Crippen MR) is 109 cm³/mol. The molecule has 2 aromatic rings. The molecule has 0 bridgehead atoms. The van der Waals surface area contributed by atoms with Gasteiger partial charge in [-0.05, 0) is 42.5 Å². The fourth-order valence-corrected chi connectivity index (χ4v) is 4.95. The van der Waals surface area contributed by atoms with Crippen LogP contribution < -0.4 is 5.32 Å². The van der Waals surface area contributed by atoms with Crippen LogP contribution in [0.25, 0.3) is 0 Å². The summed E-state index contributed by atoms with van der Waals surface area (Å²) < 4.78 is 40.4. The number of halogens is 3. The Morgan fingerprint density at radius 2 is 1.74 bits per heavy atom. The number of sulfonamides is 1. The molecule has 0 amide bonds. The van der Waals surface area contributed by atoms with E-state index in [0.717, 1.165) is 6.07 Å². The van der Waals surface area contributed by atoms with Crippen LogP contribution in [0.15, 0.2) is 47.4 Å². The zero-order chi connectivity index (χ0) is 19.6. The maximum absolute atomic E-state index is 13.9. The van der Waals surface area contributed by atoms with Crippen molar-refractivity contribution in [3.05, 3.63) is 58.3 Å². The molecule has 0 atom stereocenters. The molecule has 1 heterocycles. The minimum absolute atomic E-state index is 0.201. The number of piperazine rings is 1. The van der Waals surface area contributed by atoms with Crippen LogP contribution in [0.5, 0.6) is 0 Å². The van der Waals surface area contributed by atoms with Crippen molar-refractivity contribution in [1.82, 2.24) is 9.21 Å². The van der Waals surface area contributed by atoms with Crippen molar-refractivity contribution in [3.8, 4) is 0 Å². The minimum Gasteiger partial charge on any atom is -0.346 e. The summed E-state index contributed by atoms with van der Waals surface area (Å²) in [4.78, 5) is 1.53. The van der Waals surface area contributed by atoms with Crippen LogP contribution >= 0.6 is 35.4 Å². The molecule has 0 aromatic heterocycles. The third-order valence-corrected chi connectivity index (χ3v) is 6.99. The average Bonchev–Trinajstić information content (AvgIpc) is 2.64. The van der Waals surface area contributed by atoms with E-state index in [-0.39, 0.29) is 18.0 Å². The summed E-state index contributed by atoms with van der Waals surface area (Å²) in [6.07, 6.45) is 0. The Morgan fingerprint density at radius 3 is 2.37 bits per heavy atom. The molecule has 1 fully saturated rings. The number of anilines is 1. The number of hydrogen-bond acceptors (Lipinski definition) is 3. The lowest BCUT2D eigenvalue weighted by atomic mass is 10.3. The SMILES string of the molecule is O=S(=O)(c1ccccc1F)N1CCN(C(=S)Nc2ccc(Cl)cc2Cl)CC1.